The molecule has 0 aromatic heterocycles. The number of fused-ring (bicyclic) bond motifs is 1. The van der Waals surface area contributed by atoms with E-state index in [4.69, 9.17) is 4.43 Å². The SMILES string of the molecule is CC(CO)[C@H]1CC[C@H]2[C@@H](O[Si](C)(C)C(C)(C)C)CCC[C@]12C. The molecule has 2 rings (SSSR count). The van der Waals surface area contributed by atoms with Crippen molar-refractivity contribution in [1.29, 1.82) is 0 Å². The first-order chi connectivity index (χ1) is 10.0. The molecule has 0 heterocycles. The van der Waals surface area contributed by atoms with Crippen molar-refractivity contribution in [1.82, 2.24) is 0 Å². The minimum absolute atomic E-state index is 0.289. The number of aliphatic hydroxyl groups excluding tert-OH is 1. The van der Waals surface area contributed by atoms with Crippen molar-refractivity contribution in [3.63, 3.8) is 0 Å². The zero-order valence-electron chi connectivity index (χ0n) is 15.9. The van der Waals surface area contributed by atoms with E-state index in [2.05, 4.69) is 47.7 Å². The van der Waals surface area contributed by atoms with Crippen molar-refractivity contribution in [2.24, 2.45) is 23.2 Å². The zero-order chi connectivity index (χ0) is 16.8. The predicted octanol–water partition coefficient (Wildman–Crippen LogP) is 5.22. The van der Waals surface area contributed by atoms with Crippen molar-refractivity contribution in [2.75, 3.05) is 6.61 Å². The summed E-state index contributed by atoms with van der Waals surface area (Å²) in [4.78, 5) is 0. The Bertz CT molecular complexity index is 387. The summed E-state index contributed by atoms with van der Waals surface area (Å²) in [6, 6.07) is 0. The molecule has 130 valence electrons. The Labute approximate surface area is 139 Å². The van der Waals surface area contributed by atoms with E-state index in [-0.39, 0.29) is 5.04 Å². The van der Waals surface area contributed by atoms with Crippen LogP contribution in [0.1, 0.15) is 66.7 Å². The molecule has 5 atom stereocenters. The molecule has 2 aliphatic rings. The first-order valence-electron chi connectivity index (χ1n) is 9.31. The zero-order valence-corrected chi connectivity index (χ0v) is 16.9. The van der Waals surface area contributed by atoms with Gasteiger partial charge in [-0.1, -0.05) is 41.0 Å². The third-order valence-electron chi connectivity index (χ3n) is 7.36. The van der Waals surface area contributed by atoms with Gasteiger partial charge in [0, 0.05) is 12.7 Å². The standard InChI is InChI=1S/C19H38O2Si/c1-14(13-20)15-10-11-16-17(9-8-12-19(15,16)5)21-22(6,7)18(2,3)4/h14-17,20H,8-13H2,1-7H3/t14?,15-,16+,17+,19-/m1/s1. The monoisotopic (exact) mass is 326 g/mol. The fourth-order valence-corrected chi connectivity index (χ4v) is 6.31. The van der Waals surface area contributed by atoms with E-state index < -0.39 is 8.32 Å². The van der Waals surface area contributed by atoms with Crippen LogP contribution in [-0.4, -0.2) is 26.1 Å². The number of rotatable bonds is 4. The van der Waals surface area contributed by atoms with Crippen LogP contribution in [0.4, 0.5) is 0 Å². The molecular formula is C19H38O2Si. The molecule has 1 unspecified atom stereocenters. The van der Waals surface area contributed by atoms with Crippen molar-refractivity contribution in [3.05, 3.63) is 0 Å². The Balaban J connectivity index is 2.17. The van der Waals surface area contributed by atoms with Crippen molar-refractivity contribution in [2.45, 2.75) is 91.0 Å². The quantitative estimate of drug-likeness (QED) is 0.718. The van der Waals surface area contributed by atoms with E-state index in [1.807, 2.05) is 0 Å². The second-order valence-corrected chi connectivity index (χ2v) is 14.5. The molecule has 0 spiro atoms. The van der Waals surface area contributed by atoms with E-state index >= 15 is 0 Å². The second kappa shape index (κ2) is 6.21. The first kappa shape index (κ1) is 18.5. The van der Waals surface area contributed by atoms with E-state index in [9.17, 15) is 5.11 Å². The lowest BCUT2D eigenvalue weighted by Crippen LogP contribution is -2.50. The molecule has 0 aromatic rings. The van der Waals surface area contributed by atoms with Crippen molar-refractivity contribution < 1.29 is 9.53 Å². The van der Waals surface area contributed by atoms with Crippen LogP contribution in [-0.2, 0) is 4.43 Å². The molecule has 0 bridgehead atoms. The highest BCUT2D eigenvalue weighted by Crippen LogP contribution is 2.59. The van der Waals surface area contributed by atoms with Gasteiger partial charge in [-0.15, -0.1) is 0 Å². The summed E-state index contributed by atoms with van der Waals surface area (Å²) < 4.78 is 6.86. The summed E-state index contributed by atoms with van der Waals surface area (Å²) in [7, 11) is -1.69. The highest BCUT2D eigenvalue weighted by Gasteiger charge is 2.54. The molecule has 2 nitrogen and oxygen atoms in total. The molecule has 0 aliphatic heterocycles. The average molecular weight is 327 g/mol. The van der Waals surface area contributed by atoms with Crippen LogP contribution in [0.15, 0.2) is 0 Å². The topological polar surface area (TPSA) is 29.5 Å². The van der Waals surface area contributed by atoms with E-state index in [1.54, 1.807) is 0 Å². The van der Waals surface area contributed by atoms with Gasteiger partial charge in [-0.3, -0.25) is 0 Å². The van der Waals surface area contributed by atoms with Gasteiger partial charge in [-0.25, -0.2) is 0 Å². The largest absolute Gasteiger partial charge is 0.414 e. The van der Waals surface area contributed by atoms with Crippen LogP contribution in [0.2, 0.25) is 18.1 Å². The third kappa shape index (κ3) is 3.18. The summed E-state index contributed by atoms with van der Waals surface area (Å²) in [5.41, 5.74) is 0.382. The Morgan fingerprint density at radius 3 is 2.41 bits per heavy atom. The lowest BCUT2D eigenvalue weighted by atomic mass is 9.62. The van der Waals surface area contributed by atoms with Gasteiger partial charge >= 0.3 is 0 Å². The summed E-state index contributed by atoms with van der Waals surface area (Å²) >= 11 is 0. The fraction of sp³-hybridized carbons (Fsp3) is 1.00. The molecule has 1 N–H and O–H groups in total. The third-order valence-corrected chi connectivity index (χ3v) is 11.9. The molecule has 0 radical (unpaired) electrons. The molecule has 2 saturated carbocycles. The molecule has 3 heteroatoms. The maximum atomic E-state index is 9.63. The number of aliphatic hydroxyl groups is 1. The van der Waals surface area contributed by atoms with Gasteiger partial charge in [0.15, 0.2) is 8.32 Å². The Morgan fingerprint density at radius 2 is 1.86 bits per heavy atom. The van der Waals surface area contributed by atoms with Crippen molar-refractivity contribution >= 4 is 8.32 Å². The molecule has 2 aliphatic carbocycles. The van der Waals surface area contributed by atoms with Crippen LogP contribution < -0.4 is 0 Å². The van der Waals surface area contributed by atoms with Gasteiger partial charge in [0.2, 0.25) is 0 Å². The lowest BCUT2D eigenvalue weighted by molar-refractivity contribution is -0.0259. The smallest absolute Gasteiger partial charge is 0.192 e. The molecule has 0 amide bonds. The molecule has 22 heavy (non-hydrogen) atoms. The van der Waals surface area contributed by atoms with Crippen LogP contribution in [0.3, 0.4) is 0 Å². The van der Waals surface area contributed by atoms with Gasteiger partial charge in [0.05, 0.1) is 0 Å². The van der Waals surface area contributed by atoms with Gasteiger partial charge in [-0.2, -0.15) is 0 Å². The Morgan fingerprint density at radius 1 is 1.23 bits per heavy atom. The second-order valence-electron chi connectivity index (χ2n) is 9.76. The maximum Gasteiger partial charge on any atom is 0.192 e. The predicted molar refractivity (Wildman–Crippen MR) is 96.5 cm³/mol. The summed E-state index contributed by atoms with van der Waals surface area (Å²) in [6.45, 7) is 16.9. The normalized spacial score (nSPS) is 37.9. The van der Waals surface area contributed by atoms with Crippen LogP contribution in [0.5, 0.6) is 0 Å². The van der Waals surface area contributed by atoms with Crippen LogP contribution in [0.25, 0.3) is 0 Å². The van der Waals surface area contributed by atoms with Crippen LogP contribution in [0, 0.1) is 23.2 Å². The molecule has 0 saturated heterocycles. The molecule has 2 fully saturated rings. The number of hydrogen-bond donors (Lipinski definition) is 1. The molecular weight excluding hydrogens is 288 g/mol. The van der Waals surface area contributed by atoms with Crippen LogP contribution >= 0.6 is 0 Å². The summed E-state index contributed by atoms with van der Waals surface area (Å²) in [6.07, 6.45) is 6.89. The van der Waals surface area contributed by atoms with Gasteiger partial charge in [-0.05, 0) is 67.0 Å². The summed E-state index contributed by atoms with van der Waals surface area (Å²) in [5, 5.41) is 9.92. The lowest BCUT2D eigenvalue weighted by Gasteiger charge is -2.49. The van der Waals surface area contributed by atoms with E-state index in [1.165, 1.54) is 32.1 Å². The van der Waals surface area contributed by atoms with E-state index in [0.717, 1.165) is 0 Å². The fourth-order valence-electron chi connectivity index (χ4n) is 4.92. The number of hydrogen-bond acceptors (Lipinski definition) is 2. The molecule has 0 aromatic carbocycles. The average Bonchev–Trinajstić information content (AvgIpc) is 2.74. The Hall–Kier alpha value is 0.137. The minimum atomic E-state index is -1.69. The Kier molecular flexibility index (Phi) is 5.22. The van der Waals surface area contributed by atoms with E-state index in [0.29, 0.717) is 35.9 Å². The van der Waals surface area contributed by atoms with Crippen molar-refractivity contribution in [3.8, 4) is 0 Å². The van der Waals surface area contributed by atoms with Gasteiger partial charge < -0.3 is 9.53 Å². The minimum Gasteiger partial charge on any atom is -0.414 e. The van der Waals surface area contributed by atoms with Gasteiger partial charge in [0.25, 0.3) is 0 Å². The van der Waals surface area contributed by atoms with Gasteiger partial charge in [0.1, 0.15) is 0 Å². The summed E-state index contributed by atoms with van der Waals surface area (Å²) in [5.74, 6) is 1.81. The first-order valence-corrected chi connectivity index (χ1v) is 12.2. The highest BCUT2D eigenvalue weighted by atomic mass is 28.4. The maximum absolute atomic E-state index is 9.63. The highest BCUT2D eigenvalue weighted by molar-refractivity contribution is 6.74.